The first-order valence-electron chi connectivity index (χ1n) is 3.81. The van der Waals surface area contributed by atoms with E-state index in [1.54, 1.807) is 0 Å². The van der Waals surface area contributed by atoms with Gasteiger partial charge in [-0.2, -0.15) is 13.2 Å². The summed E-state index contributed by atoms with van der Waals surface area (Å²) < 4.78 is 37.8. The monoisotopic (exact) mass is 348 g/mol. The highest BCUT2D eigenvalue weighted by atomic mass is 127. The third kappa shape index (κ3) is 2.63. The molecule has 1 aromatic carbocycles. The van der Waals surface area contributed by atoms with Crippen molar-refractivity contribution < 1.29 is 18.0 Å². The minimum Gasteiger partial charge on any atom is -0.294 e. The second kappa shape index (κ2) is 4.29. The van der Waals surface area contributed by atoms with E-state index in [-0.39, 0.29) is 14.2 Å². The van der Waals surface area contributed by atoms with Crippen LogP contribution in [0.1, 0.15) is 22.8 Å². The van der Waals surface area contributed by atoms with Gasteiger partial charge in [-0.05, 0) is 41.6 Å². The Bertz CT molecular complexity index is 415. The number of benzene rings is 1. The summed E-state index contributed by atoms with van der Waals surface area (Å²) in [5, 5.41) is -0.00655. The van der Waals surface area contributed by atoms with Crippen LogP contribution < -0.4 is 0 Å². The van der Waals surface area contributed by atoms with Crippen molar-refractivity contribution in [2.45, 2.75) is 13.1 Å². The maximum Gasteiger partial charge on any atom is 0.418 e. The molecule has 0 aliphatic heterocycles. The van der Waals surface area contributed by atoms with E-state index in [9.17, 15) is 18.0 Å². The number of carbonyl (C=O) groups is 1. The van der Waals surface area contributed by atoms with E-state index in [1.807, 2.05) is 0 Å². The van der Waals surface area contributed by atoms with Crippen LogP contribution in [0.2, 0.25) is 5.02 Å². The predicted octanol–water partition coefficient (Wildman–Crippen LogP) is 4.17. The van der Waals surface area contributed by atoms with Crippen molar-refractivity contribution >= 4 is 40.0 Å². The lowest BCUT2D eigenvalue weighted by Gasteiger charge is -2.13. The molecule has 1 rings (SSSR count). The van der Waals surface area contributed by atoms with E-state index < -0.39 is 17.5 Å². The lowest BCUT2D eigenvalue weighted by molar-refractivity contribution is -0.138. The Morgan fingerprint density at radius 2 is 1.93 bits per heavy atom. The quantitative estimate of drug-likeness (QED) is 0.550. The molecule has 0 aliphatic carbocycles. The topological polar surface area (TPSA) is 17.1 Å². The standard InChI is InChI=1S/C9H5ClF3IO/c1-4(15)5-2-3-6(10)8(14)7(5)9(11,12)13/h2-3H,1H3. The molecule has 0 heterocycles. The van der Waals surface area contributed by atoms with Crippen molar-refractivity contribution in [2.24, 2.45) is 0 Å². The van der Waals surface area contributed by atoms with Crippen LogP contribution in [0.15, 0.2) is 12.1 Å². The van der Waals surface area contributed by atoms with Gasteiger partial charge in [0, 0.05) is 9.13 Å². The van der Waals surface area contributed by atoms with Gasteiger partial charge in [-0.15, -0.1) is 0 Å². The van der Waals surface area contributed by atoms with Crippen LogP contribution in [0.3, 0.4) is 0 Å². The maximum absolute atomic E-state index is 12.6. The molecule has 0 radical (unpaired) electrons. The molecule has 6 heteroatoms. The van der Waals surface area contributed by atoms with Gasteiger partial charge < -0.3 is 0 Å². The van der Waals surface area contributed by atoms with Crippen LogP contribution in [0.4, 0.5) is 13.2 Å². The number of ketones is 1. The van der Waals surface area contributed by atoms with Gasteiger partial charge in [0.05, 0.1) is 10.6 Å². The number of halogens is 5. The number of Topliss-reactive ketones (excluding diaryl/α,β-unsaturated/α-hetero) is 1. The molecule has 0 aromatic heterocycles. The Balaban J connectivity index is 3.57. The first kappa shape index (κ1) is 12.8. The molecule has 0 amide bonds. The van der Waals surface area contributed by atoms with Crippen LogP contribution in [0.25, 0.3) is 0 Å². The van der Waals surface area contributed by atoms with Crippen LogP contribution in [0, 0.1) is 3.57 Å². The van der Waals surface area contributed by atoms with E-state index in [0.29, 0.717) is 0 Å². The first-order valence-corrected chi connectivity index (χ1v) is 5.27. The van der Waals surface area contributed by atoms with Gasteiger partial charge in [0.1, 0.15) is 0 Å². The molecule has 0 atom stereocenters. The van der Waals surface area contributed by atoms with Crippen molar-refractivity contribution in [3.63, 3.8) is 0 Å². The molecule has 0 saturated carbocycles. The molecule has 0 spiro atoms. The van der Waals surface area contributed by atoms with E-state index in [4.69, 9.17) is 11.6 Å². The van der Waals surface area contributed by atoms with Gasteiger partial charge in [0.25, 0.3) is 0 Å². The Labute approximate surface area is 103 Å². The summed E-state index contributed by atoms with van der Waals surface area (Å²) in [6, 6.07) is 2.38. The summed E-state index contributed by atoms with van der Waals surface area (Å²) in [6.07, 6.45) is -4.57. The number of alkyl halides is 3. The molecule has 0 fully saturated rings. The summed E-state index contributed by atoms with van der Waals surface area (Å²) in [5.74, 6) is -0.628. The number of hydrogen-bond acceptors (Lipinski definition) is 1. The molecule has 0 N–H and O–H groups in total. The molecule has 82 valence electrons. The second-order valence-corrected chi connectivity index (χ2v) is 4.32. The van der Waals surface area contributed by atoms with Crippen LogP contribution in [0.5, 0.6) is 0 Å². The highest BCUT2D eigenvalue weighted by Gasteiger charge is 2.37. The second-order valence-electron chi connectivity index (χ2n) is 2.84. The van der Waals surface area contributed by atoms with Gasteiger partial charge in [0.2, 0.25) is 0 Å². The van der Waals surface area contributed by atoms with Crippen LogP contribution in [-0.2, 0) is 6.18 Å². The highest BCUT2D eigenvalue weighted by Crippen LogP contribution is 2.38. The van der Waals surface area contributed by atoms with E-state index in [2.05, 4.69) is 0 Å². The molecule has 15 heavy (non-hydrogen) atoms. The van der Waals surface area contributed by atoms with Crippen molar-refractivity contribution in [2.75, 3.05) is 0 Å². The first-order chi connectivity index (χ1) is 6.75. The molecule has 0 saturated heterocycles. The van der Waals surface area contributed by atoms with Crippen molar-refractivity contribution in [1.82, 2.24) is 0 Å². The van der Waals surface area contributed by atoms with Gasteiger partial charge >= 0.3 is 6.18 Å². The third-order valence-electron chi connectivity index (χ3n) is 1.76. The minimum absolute atomic E-state index is 0.00655. The Morgan fingerprint density at radius 3 is 2.33 bits per heavy atom. The summed E-state index contributed by atoms with van der Waals surface area (Å²) in [5.41, 5.74) is -1.31. The largest absolute Gasteiger partial charge is 0.418 e. The SMILES string of the molecule is CC(=O)c1ccc(Cl)c(I)c1C(F)(F)F. The van der Waals surface area contributed by atoms with Gasteiger partial charge in [0.15, 0.2) is 5.78 Å². The molecular weight excluding hydrogens is 343 g/mol. The Hall–Kier alpha value is -0.300. The molecule has 0 unspecified atom stereocenters. The van der Waals surface area contributed by atoms with Crippen LogP contribution in [-0.4, -0.2) is 5.78 Å². The maximum atomic E-state index is 12.6. The molecule has 0 bridgehead atoms. The lowest BCUT2D eigenvalue weighted by atomic mass is 10.0. The fourth-order valence-corrected chi connectivity index (χ4v) is 2.05. The van der Waals surface area contributed by atoms with E-state index in [1.165, 1.54) is 28.7 Å². The average Bonchev–Trinajstić information content (AvgIpc) is 2.06. The van der Waals surface area contributed by atoms with E-state index in [0.717, 1.165) is 13.0 Å². The molecule has 0 aliphatic rings. The molecular formula is C9H5ClF3IO. The third-order valence-corrected chi connectivity index (χ3v) is 3.51. The van der Waals surface area contributed by atoms with Gasteiger partial charge in [-0.3, -0.25) is 4.79 Å². The number of rotatable bonds is 1. The molecule has 1 nitrogen and oxygen atoms in total. The highest BCUT2D eigenvalue weighted by molar-refractivity contribution is 14.1. The summed E-state index contributed by atoms with van der Waals surface area (Å²) in [7, 11) is 0. The van der Waals surface area contributed by atoms with Gasteiger partial charge in [-0.1, -0.05) is 11.6 Å². The molecule has 1 aromatic rings. The Kier molecular flexibility index (Phi) is 3.65. The zero-order valence-corrected chi connectivity index (χ0v) is 10.4. The zero-order chi connectivity index (χ0) is 11.8. The fraction of sp³-hybridized carbons (Fsp3) is 0.222. The average molecular weight is 348 g/mol. The fourth-order valence-electron chi connectivity index (χ4n) is 1.12. The van der Waals surface area contributed by atoms with Crippen LogP contribution >= 0.6 is 34.2 Å². The summed E-state index contributed by atoms with van der Waals surface area (Å²) >= 11 is 7.06. The normalized spacial score (nSPS) is 11.6. The lowest BCUT2D eigenvalue weighted by Crippen LogP contribution is -2.14. The number of hydrogen-bond donors (Lipinski definition) is 0. The zero-order valence-electron chi connectivity index (χ0n) is 7.45. The van der Waals surface area contributed by atoms with Crippen molar-refractivity contribution in [3.8, 4) is 0 Å². The number of carbonyl (C=O) groups excluding carboxylic acids is 1. The minimum atomic E-state index is -4.57. The predicted molar refractivity (Wildman–Crippen MR) is 59.2 cm³/mol. The van der Waals surface area contributed by atoms with Gasteiger partial charge in [-0.25, -0.2) is 0 Å². The van der Waals surface area contributed by atoms with E-state index >= 15 is 0 Å². The summed E-state index contributed by atoms with van der Waals surface area (Å²) in [4.78, 5) is 11.0. The summed E-state index contributed by atoms with van der Waals surface area (Å²) in [6.45, 7) is 1.09. The smallest absolute Gasteiger partial charge is 0.294 e. The Morgan fingerprint density at radius 1 is 1.40 bits per heavy atom. The van der Waals surface area contributed by atoms with Crippen molar-refractivity contribution in [1.29, 1.82) is 0 Å². The van der Waals surface area contributed by atoms with Crippen molar-refractivity contribution in [3.05, 3.63) is 31.9 Å².